The van der Waals surface area contributed by atoms with Gasteiger partial charge in [0.25, 0.3) is 0 Å². The quantitative estimate of drug-likeness (QED) is 0.272. The normalized spacial score (nSPS) is 13.8. The summed E-state index contributed by atoms with van der Waals surface area (Å²) in [5.41, 5.74) is 1.35. The fourth-order valence-corrected chi connectivity index (χ4v) is 2.78. The molecule has 0 atom stereocenters. The Morgan fingerprint density at radius 2 is 1.90 bits per heavy atom. The Bertz CT molecular complexity index is 755. The summed E-state index contributed by atoms with van der Waals surface area (Å²) >= 11 is 0. The zero-order valence-electron chi connectivity index (χ0n) is 16.8. The molecule has 0 bridgehead atoms. The highest BCUT2D eigenvalue weighted by atomic mass is 127. The number of aliphatic imine (C=N–C) groups is 1. The molecule has 0 saturated carbocycles. The SMILES string of the molecule is C#Cc1cccc(NC(=O)CN=C(NCC)N2CCN(C(=O)OCC)CC2)c1.I. The van der Waals surface area contributed by atoms with Gasteiger partial charge in [0.05, 0.1) is 6.61 Å². The van der Waals surface area contributed by atoms with Crippen LogP contribution in [0.1, 0.15) is 19.4 Å². The maximum atomic E-state index is 12.2. The van der Waals surface area contributed by atoms with Crippen molar-refractivity contribution < 1.29 is 14.3 Å². The average Bonchev–Trinajstić information content (AvgIpc) is 2.71. The fourth-order valence-electron chi connectivity index (χ4n) is 2.78. The zero-order chi connectivity index (χ0) is 20.4. The Morgan fingerprint density at radius 1 is 1.21 bits per heavy atom. The van der Waals surface area contributed by atoms with Crippen LogP contribution < -0.4 is 10.6 Å². The van der Waals surface area contributed by atoms with Gasteiger partial charge < -0.3 is 25.2 Å². The van der Waals surface area contributed by atoms with Gasteiger partial charge in [0.2, 0.25) is 5.91 Å². The van der Waals surface area contributed by atoms with E-state index in [1.807, 2.05) is 11.8 Å². The summed E-state index contributed by atoms with van der Waals surface area (Å²) in [6.07, 6.45) is 5.08. The molecule has 8 nitrogen and oxygen atoms in total. The van der Waals surface area contributed by atoms with Crippen molar-refractivity contribution in [3.63, 3.8) is 0 Å². The van der Waals surface area contributed by atoms with Crippen molar-refractivity contribution in [3.05, 3.63) is 29.8 Å². The van der Waals surface area contributed by atoms with Gasteiger partial charge in [-0.05, 0) is 32.0 Å². The van der Waals surface area contributed by atoms with Crippen LogP contribution in [0.25, 0.3) is 0 Å². The predicted molar refractivity (Wildman–Crippen MR) is 125 cm³/mol. The summed E-state index contributed by atoms with van der Waals surface area (Å²) in [5.74, 6) is 2.96. The van der Waals surface area contributed by atoms with E-state index in [0.29, 0.717) is 56.5 Å². The topological polar surface area (TPSA) is 86.3 Å². The first-order valence-corrected chi connectivity index (χ1v) is 9.38. The summed E-state index contributed by atoms with van der Waals surface area (Å²) < 4.78 is 5.03. The highest BCUT2D eigenvalue weighted by Crippen LogP contribution is 2.09. The molecule has 1 saturated heterocycles. The van der Waals surface area contributed by atoms with Crippen molar-refractivity contribution in [1.29, 1.82) is 0 Å². The van der Waals surface area contributed by atoms with Gasteiger partial charge in [0.1, 0.15) is 6.54 Å². The summed E-state index contributed by atoms with van der Waals surface area (Å²) in [7, 11) is 0. The van der Waals surface area contributed by atoms with Gasteiger partial charge in [-0.15, -0.1) is 30.4 Å². The summed E-state index contributed by atoms with van der Waals surface area (Å²) in [5, 5.41) is 5.99. The Hall–Kier alpha value is -2.48. The highest BCUT2D eigenvalue weighted by Gasteiger charge is 2.23. The summed E-state index contributed by atoms with van der Waals surface area (Å²) in [4.78, 5) is 32.2. The van der Waals surface area contributed by atoms with Gasteiger partial charge in [-0.25, -0.2) is 9.79 Å². The molecule has 0 unspecified atom stereocenters. The van der Waals surface area contributed by atoms with Gasteiger partial charge in [-0.2, -0.15) is 0 Å². The molecule has 1 aromatic carbocycles. The number of guanidine groups is 1. The molecule has 1 fully saturated rings. The van der Waals surface area contributed by atoms with E-state index < -0.39 is 0 Å². The second kappa shape index (κ2) is 12.9. The van der Waals surface area contributed by atoms with Crippen molar-refractivity contribution in [2.75, 3.05) is 51.2 Å². The lowest BCUT2D eigenvalue weighted by Gasteiger charge is -2.35. The van der Waals surface area contributed by atoms with E-state index in [-0.39, 0.29) is 42.5 Å². The van der Waals surface area contributed by atoms with Crippen LogP contribution in [0.3, 0.4) is 0 Å². The van der Waals surface area contributed by atoms with Gasteiger partial charge in [0, 0.05) is 44.0 Å². The molecule has 0 aliphatic carbocycles. The molecule has 158 valence electrons. The largest absolute Gasteiger partial charge is 0.450 e. The van der Waals surface area contributed by atoms with Gasteiger partial charge >= 0.3 is 6.09 Å². The van der Waals surface area contributed by atoms with Crippen LogP contribution in [-0.4, -0.2) is 73.6 Å². The van der Waals surface area contributed by atoms with E-state index in [1.54, 1.807) is 36.1 Å². The minimum Gasteiger partial charge on any atom is -0.450 e. The Morgan fingerprint density at radius 3 is 2.52 bits per heavy atom. The smallest absolute Gasteiger partial charge is 0.409 e. The van der Waals surface area contributed by atoms with Crippen LogP contribution in [0.15, 0.2) is 29.3 Å². The number of terminal acetylenes is 1. The first-order chi connectivity index (χ1) is 13.6. The molecule has 9 heteroatoms. The highest BCUT2D eigenvalue weighted by molar-refractivity contribution is 14.0. The maximum Gasteiger partial charge on any atom is 0.409 e. The molecular formula is C20H28IN5O3. The predicted octanol–water partition coefficient (Wildman–Crippen LogP) is 1.96. The van der Waals surface area contributed by atoms with E-state index >= 15 is 0 Å². The lowest BCUT2D eigenvalue weighted by atomic mass is 10.2. The molecule has 1 aromatic rings. The lowest BCUT2D eigenvalue weighted by molar-refractivity contribution is -0.114. The van der Waals surface area contributed by atoms with Crippen molar-refractivity contribution in [2.24, 2.45) is 4.99 Å². The van der Waals surface area contributed by atoms with Crippen molar-refractivity contribution in [2.45, 2.75) is 13.8 Å². The van der Waals surface area contributed by atoms with Crippen LogP contribution >= 0.6 is 24.0 Å². The van der Waals surface area contributed by atoms with Crippen molar-refractivity contribution in [1.82, 2.24) is 15.1 Å². The molecule has 1 aliphatic heterocycles. The molecule has 0 aromatic heterocycles. The number of nitrogens with one attached hydrogen (secondary N) is 2. The molecule has 1 heterocycles. The van der Waals surface area contributed by atoms with Gasteiger partial charge in [0.15, 0.2) is 5.96 Å². The van der Waals surface area contributed by atoms with Crippen LogP contribution in [-0.2, 0) is 9.53 Å². The Kier molecular flexibility index (Phi) is 10.9. The third-order valence-electron chi connectivity index (χ3n) is 4.13. The zero-order valence-corrected chi connectivity index (χ0v) is 19.1. The lowest BCUT2D eigenvalue weighted by Crippen LogP contribution is -2.54. The minimum absolute atomic E-state index is 0. The van der Waals surface area contributed by atoms with Gasteiger partial charge in [-0.1, -0.05) is 12.0 Å². The number of carbonyl (C=O) groups excluding carboxylic acids is 2. The number of carbonyl (C=O) groups is 2. The second-order valence-corrected chi connectivity index (χ2v) is 6.12. The summed E-state index contributed by atoms with van der Waals surface area (Å²) in [6.45, 7) is 7.13. The molecule has 2 amide bonds. The van der Waals surface area contributed by atoms with Crippen molar-refractivity contribution in [3.8, 4) is 12.3 Å². The van der Waals surface area contributed by atoms with E-state index in [2.05, 4.69) is 21.5 Å². The van der Waals surface area contributed by atoms with Crippen LogP contribution in [0, 0.1) is 12.3 Å². The molecule has 0 spiro atoms. The third-order valence-corrected chi connectivity index (χ3v) is 4.13. The second-order valence-electron chi connectivity index (χ2n) is 6.12. The van der Waals surface area contributed by atoms with Crippen LogP contribution in [0.2, 0.25) is 0 Å². The van der Waals surface area contributed by atoms with Gasteiger partial charge in [-0.3, -0.25) is 4.79 Å². The molecule has 2 N–H and O–H groups in total. The first-order valence-electron chi connectivity index (χ1n) is 9.38. The first kappa shape index (κ1) is 24.6. The number of halogens is 1. The number of piperazine rings is 1. The molecule has 0 radical (unpaired) electrons. The number of hydrogen-bond acceptors (Lipinski definition) is 4. The van der Waals surface area contributed by atoms with E-state index in [4.69, 9.17) is 11.2 Å². The summed E-state index contributed by atoms with van der Waals surface area (Å²) in [6, 6.07) is 7.11. The fraction of sp³-hybridized carbons (Fsp3) is 0.450. The van der Waals surface area contributed by atoms with E-state index in [1.165, 1.54) is 0 Å². The minimum atomic E-state index is -0.294. The molecular weight excluding hydrogens is 485 g/mol. The number of ether oxygens (including phenoxy) is 1. The number of anilines is 1. The Labute approximate surface area is 189 Å². The van der Waals surface area contributed by atoms with Crippen molar-refractivity contribution >= 4 is 47.6 Å². The van der Waals surface area contributed by atoms with E-state index in [9.17, 15) is 9.59 Å². The maximum absolute atomic E-state index is 12.2. The average molecular weight is 513 g/mol. The monoisotopic (exact) mass is 513 g/mol. The standard InChI is InChI=1S/C20H27N5O3.HI/c1-4-16-8-7-9-17(14-16)23-18(26)15-22-19(21-5-2)24-10-12-25(13-11-24)20(27)28-6-3;/h1,7-9,14H,5-6,10-13,15H2,2-3H3,(H,21,22)(H,23,26);1H. The van der Waals surface area contributed by atoms with Crippen LogP contribution in [0.4, 0.5) is 10.5 Å². The van der Waals surface area contributed by atoms with E-state index in [0.717, 1.165) is 0 Å². The molecule has 29 heavy (non-hydrogen) atoms. The third kappa shape index (κ3) is 7.81. The molecule has 2 rings (SSSR count). The number of hydrogen-bond donors (Lipinski definition) is 2. The number of amides is 2. The Balaban J connectivity index is 0.00000420. The number of rotatable bonds is 5. The number of nitrogens with zero attached hydrogens (tertiary/aromatic N) is 3. The van der Waals surface area contributed by atoms with Crippen LogP contribution in [0.5, 0.6) is 0 Å². The number of benzene rings is 1. The molecule has 1 aliphatic rings.